The van der Waals surface area contributed by atoms with Crippen LogP contribution in [0.3, 0.4) is 0 Å². The predicted molar refractivity (Wildman–Crippen MR) is 76.6 cm³/mol. The van der Waals surface area contributed by atoms with Crippen molar-refractivity contribution in [2.24, 2.45) is 0 Å². The van der Waals surface area contributed by atoms with Gasteiger partial charge in [0.15, 0.2) is 0 Å². The number of carboxylic acid groups (broad SMARTS) is 1. The van der Waals surface area contributed by atoms with Crippen LogP contribution in [-0.2, 0) is 9.53 Å². The molecule has 1 fully saturated rings. The van der Waals surface area contributed by atoms with E-state index in [9.17, 15) is 14.7 Å². The van der Waals surface area contributed by atoms with Crippen LogP contribution in [0.1, 0.15) is 17.9 Å². The summed E-state index contributed by atoms with van der Waals surface area (Å²) in [7, 11) is 0. The van der Waals surface area contributed by atoms with Gasteiger partial charge in [0.2, 0.25) is 0 Å². The number of fused-ring (bicyclic) bond motifs is 1. The number of carbonyl (C=O) groups is 2. The van der Waals surface area contributed by atoms with Crippen LogP contribution in [0.4, 0.5) is 10.5 Å². The maximum atomic E-state index is 12.6. The largest absolute Gasteiger partial charge is 0.481 e. The molecule has 1 unspecified atom stereocenters. The van der Waals surface area contributed by atoms with E-state index in [4.69, 9.17) is 4.74 Å². The fourth-order valence-electron chi connectivity index (χ4n) is 2.94. The Labute approximate surface area is 122 Å². The molecule has 2 aliphatic rings. The molecular weight excluding hydrogens is 272 g/mol. The van der Waals surface area contributed by atoms with Gasteiger partial charge >= 0.3 is 12.0 Å². The Morgan fingerprint density at radius 2 is 1.86 bits per heavy atom. The molecule has 6 heteroatoms. The molecule has 0 saturated carbocycles. The van der Waals surface area contributed by atoms with Crippen LogP contribution in [0, 0.1) is 0 Å². The van der Waals surface area contributed by atoms with Crippen LogP contribution < -0.4 is 4.90 Å². The highest BCUT2D eigenvalue weighted by Gasteiger charge is 2.34. The van der Waals surface area contributed by atoms with Crippen molar-refractivity contribution in [3.63, 3.8) is 0 Å². The number of ether oxygens (including phenoxy) is 1. The van der Waals surface area contributed by atoms with E-state index in [-0.39, 0.29) is 6.03 Å². The van der Waals surface area contributed by atoms with Gasteiger partial charge in [0.05, 0.1) is 19.1 Å². The van der Waals surface area contributed by atoms with Gasteiger partial charge < -0.3 is 14.7 Å². The number of morpholine rings is 1. The average Bonchev–Trinajstić information content (AvgIpc) is 2.54. The summed E-state index contributed by atoms with van der Waals surface area (Å²) in [6.07, 6.45) is 0.447. The van der Waals surface area contributed by atoms with Crippen LogP contribution in [0.25, 0.3) is 0 Å². The van der Waals surface area contributed by atoms with Crippen molar-refractivity contribution in [3.05, 3.63) is 29.8 Å². The number of carboxylic acids is 1. The van der Waals surface area contributed by atoms with E-state index in [0.717, 1.165) is 5.56 Å². The highest BCUT2D eigenvalue weighted by molar-refractivity contribution is 5.95. The zero-order valence-electron chi connectivity index (χ0n) is 11.7. The number of carbonyl (C=O) groups excluding carboxylic acids is 1. The molecule has 0 aliphatic carbocycles. The Hall–Kier alpha value is -2.08. The molecule has 6 nitrogen and oxygen atoms in total. The number of hydrogen-bond donors (Lipinski definition) is 1. The van der Waals surface area contributed by atoms with Crippen molar-refractivity contribution in [1.29, 1.82) is 0 Å². The van der Waals surface area contributed by atoms with Gasteiger partial charge in [0.25, 0.3) is 0 Å². The molecule has 0 aromatic heterocycles. The lowest BCUT2D eigenvalue weighted by molar-refractivity contribution is -0.139. The normalized spacial score (nSPS) is 21.8. The minimum absolute atomic E-state index is 0.0606. The first-order valence-electron chi connectivity index (χ1n) is 7.14. The molecular formula is C15H18N2O4. The Bertz CT molecular complexity index is 554. The third-order valence-corrected chi connectivity index (χ3v) is 4.05. The molecule has 1 aromatic carbocycles. The third kappa shape index (κ3) is 2.58. The maximum absolute atomic E-state index is 12.6. The first-order chi connectivity index (χ1) is 10.2. The first-order valence-corrected chi connectivity index (χ1v) is 7.14. The number of amides is 2. The van der Waals surface area contributed by atoms with E-state index in [0.29, 0.717) is 45.0 Å². The maximum Gasteiger partial charge on any atom is 0.324 e. The molecule has 21 heavy (non-hydrogen) atoms. The number of para-hydroxylation sites is 1. The summed E-state index contributed by atoms with van der Waals surface area (Å²) < 4.78 is 5.27. The van der Waals surface area contributed by atoms with Gasteiger partial charge in [0.1, 0.15) is 0 Å². The average molecular weight is 290 g/mol. The van der Waals surface area contributed by atoms with Gasteiger partial charge in [-0.2, -0.15) is 0 Å². The van der Waals surface area contributed by atoms with E-state index in [2.05, 4.69) is 0 Å². The van der Waals surface area contributed by atoms with Gasteiger partial charge in [-0.3, -0.25) is 9.69 Å². The van der Waals surface area contributed by atoms with Crippen LogP contribution in [-0.4, -0.2) is 54.9 Å². The summed E-state index contributed by atoms with van der Waals surface area (Å²) in [5.74, 6) is -1.36. The standard InChI is InChI=1S/C15H18N2O4/c18-14(19)12-5-6-17(13-4-2-1-3-11(12)13)15(20)16-7-9-21-10-8-16/h1-4,12H,5-10H2,(H,18,19). The number of urea groups is 1. The molecule has 2 amide bonds. The molecule has 0 radical (unpaired) electrons. The summed E-state index contributed by atoms with van der Waals surface area (Å²) in [6, 6.07) is 7.21. The summed E-state index contributed by atoms with van der Waals surface area (Å²) in [5, 5.41) is 9.33. The zero-order chi connectivity index (χ0) is 14.8. The Morgan fingerprint density at radius 3 is 2.57 bits per heavy atom. The number of benzene rings is 1. The molecule has 2 aliphatic heterocycles. The third-order valence-electron chi connectivity index (χ3n) is 4.05. The minimum atomic E-state index is -0.832. The smallest absolute Gasteiger partial charge is 0.324 e. The van der Waals surface area contributed by atoms with Crippen LogP contribution in [0.2, 0.25) is 0 Å². The zero-order valence-corrected chi connectivity index (χ0v) is 11.7. The summed E-state index contributed by atoms with van der Waals surface area (Å²) in [5.41, 5.74) is 1.44. The number of aliphatic carboxylic acids is 1. The minimum Gasteiger partial charge on any atom is -0.481 e. The van der Waals surface area contributed by atoms with Crippen molar-refractivity contribution < 1.29 is 19.4 Å². The summed E-state index contributed by atoms with van der Waals surface area (Å²) in [4.78, 5) is 27.5. The molecule has 112 valence electrons. The molecule has 1 N–H and O–H groups in total. The van der Waals surface area contributed by atoms with Crippen molar-refractivity contribution in [1.82, 2.24) is 4.90 Å². The van der Waals surface area contributed by atoms with Crippen molar-refractivity contribution in [3.8, 4) is 0 Å². The lowest BCUT2D eigenvalue weighted by Gasteiger charge is -2.37. The van der Waals surface area contributed by atoms with E-state index in [1.54, 1.807) is 15.9 Å². The SMILES string of the molecule is O=C(O)C1CCN(C(=O)N2CCOCC2)c2ccccc21. The van der Waals surface area contributed by atoms with Crippen molar-refractivity contribution in [2.45, 2.75) is 12.3 Å². The number of rotatable bonds is 1. The van der Waals surface area contributed by atoms with Gasteiger partial charge in [0, 0.05) is 25.3 Å². The van der Waals surface area contributed by atoms with E-state index in [1.807, 2.05) is 18.2 Å². The van der Waals surface area contributed by atoms with Crippen LogP contribution in [0.5, 0.6) is 0 Å². The fraction of sp³-hybridized carbons (Fsp3) is 0.467. The number of anilines is 1. The first kappa shape index (κ1) is 13.9. The Morgan fingerprint density at radius 1 is 1.14 bits per heavy atom. The Kier molecular flexibility index (Phi) is 3.79. The van der Waals surface area contributed by atoms with E-state index < -0.39 is 11.9 Å². The van der Waals surface area contributed by atoms with Crippen LogP contribution >= 0.6 is 0 Å². The molecule has 1 aromatic rings. The summed E-state index contributed by atoms with van der Waals surface area (Å²) in [6.45, 7) is 2.71. The molecule has 1 atom stereocenters. The van der Waals surface area contributed by atoms with Gasteiger partial charge in [-0.15, -0.1) is 0 Å². The number of nitrogens with zero attached hydrogens (tertiary/aromatic N) is 2. The Balaban J connectivity index is 1.88. The molecule has 0 spiro atoms. The molecule has 3 rings (SSSR count). The molecule has 0 bridgehead atoms. The summed E-state index contributed by atoms with van der Waals surface area (Å²) >= 11 is 0. The second kappa shape index (κ2) is 5.73. The fourth-order valence-corrected chi connectivity index (χ4v) is 2.94. The van der Waals surface area contributed by atoms with Gasteiger partial charge in [-0.05, 0) is 18.1 Å². The predicted octanol–water partition coefficient (Wildman–Crippen LogP) is 1.52. The van der Waals surface area contributed by atoms with E-state index >= 15 is 0 Å². The topological polar surface area (TPSA) is 70.1 Å². The second-order valence-electron chi connectivity index (χ2n) is 5.27. The second-order valence-corrected chi connectivity index (χ2v) is 5.27. The highest BCUT2D eigenvalue weighted by atomic mass is 16.5. The lowest BCUT2D eigenvalue weighted by Crippen LogP contribution is -2.50. The van der Waals surface area contributed by atoms with Gasteiger partial charge in [-0.25, -0.2) is 4.79 Å². The monoisotopic (exact) mass is 290 g/mol. The van der Waals surface area contributed by atoms with Crippen molar-refractivity contribution >= 4 is 17.7 Å². The van der Waals surface area contributed by atoms with E-state index in [1.165, 1.54) is 0 Å². The van der Waals surface area contributed by atoms with Crippen molar-refractivity contribution in [2.75, 3.05) is 37.7 Å². The molecule has 2 heterocycles. The highest BCUT2D eigenvalue weighted by Crippen LogP contribution is 2.35. The quantitative estimate of drug-likeness (QED) is 0.851. The van der Waals surface area contributed by atoms with Gasteiger partial charge in [-0.1, -0.05) is 18.2 Å². The molecule has 1 saturated heterocycles. The number of hydrogen-bond acceptors (Lipinski definition) is 3. The van der Waals surface area contributed by atoms with Crippen LogP contribution in [0.15, 0.2) is 24.3 Å². The lowest BCUT2D eigenvalue weighted by atomic mass is 9.90.